The zero-order valence-corrected chi connectivity index (χ0v) is 16.7. The Kier molecular flexibility index (Phi) is 4.94. The van der Waals surface area contributed by atoms with Crippen LogP contribution in [-0.4, -0.2) is 43.1 Å². The number of fused-ring (bicyclic) bond motifs is 1. The lowest BCUT2D eigenvalue weighted by Crippen LogP contribution is -2.62. The van der Waals surface area contributed by atoms with Crippen LogP contribution in [0.5, 0.6) is 0 Å². The van der Waals surface area contributed by atoms with Crippen LogP contribution in [0.3, 0.4) is 0 Å². The molecule has 2 aromatic rings. The Hall–Kier alpha value is -1.80. The van der Waals surface area contributed by atoms with E-state index in [4.69, 9.17) is 28.4 Å². The molecule has 3 aliphatic rings. The van der Waals surface area contributed by atoms with Crippen molar-refractivity contribution in [3.8, 4) is 0 Å². The molecule has 154 valence electrons. The molecule has 0 bridgehead atoms. The van der Waals surface area contributed by atoms with Gasteiger partial charge in [-0.05, 0) is 19.4 Å². The summed E-state index contributed by atoms with van der Waals surface area (Å²) in [6.07, 6.45) is -1.51. The Labute approximate surface area is 170 Å². The Morgan fingerprint density at radius 2 is 1.66 bits per heavy atom. The largest absolute Gasteiger partial charge is 0.365 e. The van der Waals surface area contributed by atoms with Crippen LogP contribution in [0.4, 0.5) is 0 Å². The van der Waals surface area contributed by atoms with Gasteiger partial charge in [-0.25, -0.2) is 0 Å². The van der Waals surface area contributed by atoms with Crippen molar-refractivity contribution in [2.24, 2.45) is 0 Å². The zero-order valence-electron chi connectivity index (χ0n) is 16.7. The van der Waals surface area contributed by atoms with E-state index < -0.39 is 24.0 Å². The molecular weight excluding hydrogens is 372 g/mol. The topological polar surface area (TPSA) is 55.4 Å². The highest BCUT2D eigenvalue weighted by Gasteiger charge is 2.62. The second-order valence-electron chi connectivity index (χ2n) is 8.15. The maximum absolute atomic E-state index is 6.36. The molecule has 3 heterocycles. The fourth-order valence-corrected chi connectivity index (χ4v) is 4.16. The van der Waals surface area contributed by atoms with E-state index in [1.54, 1.807) is 0 Å². The lowest BCUT2D eigenvalue weighted by atomic mass is 9.97. The summed E-state index contributed by atoms with van der Waals surface area (Å²) >= 11 is 0. The van der Waals surface area contributed by atoms with Crippen molar-refractivity contribution in [1.29, 1.82) is 0 Å². The molecular formula is C23H26O6. The molecule has 0 aromatic heterocycles. The van der Waals surface area contributed by atoms with Gasteiger partial charge >= 0.3 is 0 Å². The number of ether oxygens (including phenoxy) is 6. The van der Waals surface area contributed by atoms with Crippen LogP contribution in [0.1, 0.15) is 31.3 Å². The Bertz CT molecular complexity index is 826. The Balaban J connectivity index is 1.40. The lowest BCUT2D eigenvalue weighted by molar-refractivity contribution is -0.336. The van der Waals surface area contributed by atoms with Gasteiger partial charge in [0.15, 0.2) is 12.1 Å². The van der Waals surface area contributed by atoms with E-state index in [0.717, 1.165) is 11.1 Å². The standard InChI is InChI=1S/C23H26O6/c1-22(2)26-15-23(29-22)20(24-13-16-9-5-3-6-10-16)19-18(14-25-23)27-21(28-19)17-11-7-4-8-12-17/h3-12,18-21H,13-15H2,1-2H3/t18-,19-,20+,21+,23+/m1/s1. The van der Waals surface area contributed by atoms with E-state index >= 15 is 0 Å². The molecule has 0 N–H and O–H groups in total. The minimum Gasteiger partial charge on any atom is -0.365 e. The number of rotatable bonds is 4. The number of benzene rings is 2. The second-order valence-corrected chi connectivity index (χ2v) is 8.15. The van der Waals surface area contributed by atoms with Gasteiger partial charge in [0.05, 0.1) is 13.2 Å². The fourth-order valence-electron chi connectivity index (χ4n) is 4.16. The van der Waals surface area contributed by atoms with Crippen molar-refractivity contribution in [2.45, 2.75) is 56.6 Å². The summed E-state index contributed by atoms with van der Waals surface area (Å²) in [7, 11) is 0. The third-order valence-electron chi connectivity index (χ3n) is 5.55. The molecule has 6 heteroatoms. The molecule has 2 aromatic carbocycles. The summed E-state index contributed by atoms with van der Waals surface area (Å²) in [5.41, 5.74) is 2.04. The van der Waals surface area contributed by atoms with Gasteiger partial charge in [-0.2, -0.15) is 0 Å². The Morgan fingerprint density at radius 3 is 2.34 bits per heavy atom. The van der Waals surface area contributed by atoms with E-state index in [9.17, 15) is 0 Å². The van der Waals surface area contributed by atoms with Gasteiger partial charge in [-0.1, -0.05) is 60.7 Å². The van der Waals surface area contributed by atoms with E-state index in [2.05, 4.69) is 0 Å². The molecule has 0 radical (unpaired) electrons. The third-order valence-corrected chi connectivity index (χ3v) is 5.55. The van der Waals surface area contributed by atoms with Gasteiger partial charge in [0.2, 0.25) is 5.79 Å². The quantitative estimate of drug-likeness (QED) is 0.785. The molecule has 6 nitrogen and oxygen atoms in total. The maximum Gasteiger partial charge on any atom is 0.224 e. The highest BCUT2D eigenvalue weighted by atomic mass is 16.9. The first-order valence-corrected chi connectivity index (χ1v) is 10.0. The molecule has 0 aliphatic carbocycles. The molecule has 0 saturated carbocycles. The molecule has 3 fully saturated rings. The van der Waals surface area contributed by atoms with E-state index in [1.165, 1.54) is 0 Å². The predicted octanol–water partition coefficient (Wildman–Crippen LogP) is 3.56. The van der Waals surface area contributed by atoms with Crippen LogP contribution in [-0.2, 0) is 35.0 Å². The summed E-state index contributed by atoms with van der Waals surface area (Å²) in [4.78, 5) is 0. The SMILES string of the molecule is CC1(C)OC[C@]2(OC[C@H]3O[C@H](c4ccccc4)O[C@H]3[C@@H]2OCc2ccccc2)O1. The summed E-state index contributed by atoms with van der Waals surface area (Å²) < 4.78 is 37.1. The molecule has 3 saturated heterocycles. The van der Waals surface area contributed by atoms with E-state index in [-0.39, 0.29) is 18.8 Å². The van der Waals surface area contributed by atoms with Gasteiger partial charge in [-0.15, -0.1) is 0 Å². The van der Waals surface area contributed by atoms with Crippen LogP contribution in [0, 0.1) is 0 Å². The zero-order chi connectivity index (χ0) is 19.9. The minimum absolute atomic E-state index is 0.237. The van der Waals surface area contributed by atoms with Gasteiger partial charge in [-0.3, -0.25) is 0 Å². The van der Waals surface area contributed by atoms with Crippen molar-refractivity contribution in [3.63, 3.8) is 0 Å². The first-order chi connectivity index (χ1) is 14.0. The number of hydrogen-bond donors (Lipinski definition) is 0. The van der Waals surface area contributed by atoms with Crippen LogP contribution < -0.4 is 0 Å². The van der Waals surface area contributed by atoms with Crippen molar-refractivity contribution < 1.29 is 28.4 Å². The van der Waals surface area contributed by atoms with Crippen molar-refractivity contribution in [3.05, 3.63) is 71.8 Å². The molecule has 5 rings (SSSR count). The van der Waals surface area contributed by atoms with Gasteiger partial charge in [0.25, 0.3) is 0 Å². The van der Waals surface area contributed by atoms with Crippen molar-refractivity contribution in [2.75, 3.05) is 13.2 Å². The van der Waals surface area contributed by atoms with Crippen LogP contribution in [0.25, 0.3) is 0 Å². The van der Waals surface area contributed by atoms with Gasteiger partial charge < -0.3 is 28.4 Å². The number of hydrogen-bond acceptors (Lipinski definition) is 6. The van der Waals surface area contributed by atoms with Crippen molar-refractivity contribution >= 4 is 0 Å². The fraction of sp³-hybridized carbons (Fsp3) is 0.478. The highest BCUT2D eigenvalue weighted by Crippen LogP contribution is 2.46. The molecule has 1 spiro atoms. The highest BCUT2D eigenvalue weighted by molar-refractivity contribution is 5.18. The molecule has 5 atom stereocenters. The maximum atomic E-state index is 6.36. The average molecular weight is 398 g/mol. The van der Waals surface area contributed by atoms with E-state index in [1.807, 2.05) is 74.5 Å². The first-order valence-electron chi connectivity index (χ1n) is 10.0. The average Bonchev–Trinajstić information content (AvgIpc) is 3.30. The molecule has 0 amide bonds. The van der Waals surface area contributed by atoms with Gasteiger partial charge in [0, 0.05) is 5.56 Å². The Morgan fingerprint density at radius 1 is 0.931 bits per heavy atom. The first kappa shape index (κ1) is 19.2. The monoisotopic (exact) mass is 398 g/mol. The minimum atomic E-state index is -1.02. The summed E-state index contributed by atoms with van der Waals surface area (Å²) in [6, 6.07) is 19.9. The van der Waals surface area contributed by atoms with Crippen LogP contribution in [0.2, 0.25) is 0 Å². The van der Waals surface area contributed by atoms with Gasteiger partial charge in [0.1, 0.15) is 24.9 Å². The smallest absolute Gasteiger partial charge is 0.224 e. The van der Waals surface area contributed by atoms with E-state index in [0.29, 0.717) is 13.2 Å². The summed E-state index contributed by atoms with van der Waals surface area (Å²) in [5.74, 6) is -1.77. The summed E-state index contributed by atoms with van der Waals surface area (Å²) in [6.45, 7) is 4.82. The van der Waals surface area contributed by atoms with Crippen LogP contribution in [0.15, 0.2) is 60.7 Å². The van der Waals surface area contributed by atoms with Crippen LogP contribution >= 0.6 is 0 Å². The van der Waals surface area contributed by atoms with Crippen molar-refractivity contribution in [1.82, 2.24) is 0 Å². The second kappa shape index (κ2) is 7.47. The molecule has 0 unspecified atom stereocenters. The molecule has 3 aliphatic heterocycles. The molecule has 29 heavy (non-hydrogen) atoms. The lowest BCUT2D eigenvalue weighted by Gasteiger charge is -2.43. The predicted molar refractivity (Wildman–Crippen MR) is 104 cm³/mol. The summed E-state index contributed by atoms with van der Waals surface area (Å²) in [5, 5.41) is 0. The third kappa shape index (κ3) is 3.72. The normalized spacial score (nSPS) is 35.7.